The standard InChI is InChI=1S/C25H21ClF3N5O4S/c26-16-8-6-15(7-9-16)21-12-22(25(27,28)29)34-23(32-21)20(13-30-34)24(36)31-17-3-1-5-19(11-17)39(37,38)33-10-2-4-18(33)14-35/h1,3,5-9,11-13,18,35H,2,4,10,14H2,(H,31,36)/t18-/m0/s1. The summed E-state index contributed by atoms with van der Waals surface area (Å²) >= 11 is 5.90. The van der Waals surface area contributed by atoms with Crippen LogP contribution in [0.1, 0.15) is 28.9 Å². The number of sulfonamides is 1. The highest BCUT2D eigenvalue weighted by Crippen LogP contribution is 2.33. The molecule has 1 atom stereocenters. The number of fused-ring (bicyclic) bond motifs is 1. The van der Waals surface area contributed by atoms with Crippen LogP contribution >= 0.6 is 11.6 Å². The normalized spacial score (nSPS) is 16.6. The maximum Gasteiger partial charge on any atom is 0.433 e. The predicted octanol–water partition coefficient (Wildman–Crippen LogP) is 4.47. The Morgan fingerprint density at radius 3 is 2.59 bits per heavy atom. The van der Waals surface area contributed by atoms with E-state index < -0.39 is 33.8 Å². The summed E-state index contributed by atoms with van der Waals surface area (Å²) < 4.78 is 69.7. The quantitative estimate of drug-likeness (QED) is 0.348. The number of carbonyl (C=O) groups is 1. The number of halogens is 4. The summed E-state index contributed by atoms with van der Waals surface area (Å²) in [7, 11) is -3.95. The molecular weight excluding hydrogens is 559 g/mol. The highest BCUT2D eigenvalue weighted by atomic mass is 35.5. The number of alkyl halides is 3. The first-order chi connectivity index (χ1) is 18.5. The number of anilines is 1. The number of nitrogens with zero attached hydrogens (tertiary/aromatic N) is 4. The summed E-state index contributed by atoms with van der Waals surface area (Å²) in [5.41, 5.74) is -1.30. The van der Waals surface area contributed by atoms with E-state index in [0.717, 1.165) is 12.3 Å². The van der Waals surface area contributed by atoms with Crippen molar-refractivity contribution in [1.29, 1.82) is 0 Å². The van der Waals surface area contributed by atoms with E-state index in [-0.39, 0.29) is 40.6 Å². The first-order valence-corrected chi connectivity index (χ1v) is 13.6. The molecule has 4 aromatic rings. The van der Waals surface area contributed by atoms with Crippen molar-refractivity contribution in [2.75, 3.05) is 18.5 Å². The molecule has 204 valence electrons. The van der Waals surface area contributed by atoms with Gasteiger partial charge in [0.2, 0.25) is 10.0 Å². The smallest absolute Gasteiger partial charge is 0.395 e. The lowest BCUT2D eigenvalue weighted by Crippen LogP contribution is -2.37. The van der Waals surface area contributed by atoms with E-state index >= 15 is 0 Å². The van der Waals surface area contributed by atoms with E-state index in [2.05, 4.69) is 15.4 Å². The number of rotatable bonds is 6. The Morgan fingerprint density at radius 2 is 1.90 bits per heavy atom. The molecule has 5 rings (SSSR count). The van der Waals surface area contributed by atoms with Crippen molar-refractivity contribution in [2.45, 2.75) is 30.0 Å². The largest absolute Gasteiger partial charge is 0.433 e. The molecule has 0 unspecified atom stereocenters. The molecule has 0 aliphatic carbocycles. The van der Waals surface area contributed by atoms with E-state index in [1.54, 1.807) is 0 Å². The summed E-state index contributed by atoms with van der Waals surface area (Å²) in [5.74, 6) is -0.831. The van der Waals surface area contributed by atoms with Gasteiger partial charge in [-0.05, 0) is 49.2 Å². The lowest BCUT2D eigenvalue weighted by molar-refractivity contribution is -0.142. The molecule has 2 aromatic heterocycles. The Balaban J connectivity index is 1.50. The van der Waals surface area contributed by atoms with Gasteiger partial charge in [-0.25, -0.2) is 17.9 Å². The highest BCUT2D eigenvalue weighted by molar-refractivity contribution is 7.89. The van der Waals surface area contributed by atoms with E-state index in [9.17, 15) is 31.5 Å². The number of amides is 1. The van der Waals surface area contributed by atoms with Gasteiger partial charge in [-0.2, -0.15) is 22.6 Å². The first-order valence-electron chi connectivity index (χ1n) is 11.7. The number of hydrogen-bond donors (Lipinski definition) is 2. The van der Waals surface area contributed by atoms with Crippen LogP contribution < -0.4 is 5.32 Å². The van der Waals surface area contributed by atoms with Gasteiger partial charge in [0.25, 0.3) is 5.91 Å². The monoisotopic (exact) mass is 579 g/mol. The van der Waals surface area contributed by atoms with Crippen LogP contribution in [0.3, 0.4) is 0 Å². The number of aromatic nitrogens is 3. The van der Waals surface area contributed by atoms with Crippen LogP contribution in [-0.4, -0.2) is 57.5 Å². The zero-order chi connectivity index (χ0) is 27.9. The number of carbonyl (C=O) groups excluding carboxylic acids is 1. The number of benzene rings is 2. The molecule has 3 heterocycles. The third-order valence-corrected chi connectivity index (χ3v) is 8.58. The van der Waals surface area contributed by atoms with Crippen LogP contribution in [0.25, 0.3) is 16.9 Å². The molecule has 2 N–H and O–H groups in total. The van der Waals surface area contributed by atoms with Gasteiger partial charge in [-0.3, -0.25) is 4.79 Å². The second-order valence-corrected chi connectivity index (χ2v) is 11.2. The van der Waals surface area contributed by atoms with Crippen molar-refractivity contribution < 1.29 is 31.5 Å². The molecule has 0 bridgehead atoms. The van der Waals surface area contributed by atoms with Gasteiger partial charge in [-0.1, -0.05) is 29.8 Å². The van der Waals surface area contributed by atoms with Gasteiger partial charge in [-0.15, -0.1) is 0 Å². The SMILES string of the molecule is O=C(Nc1cccc(S(=O)(=O)N2CCC[C@H]2CO)c1)c1cnn2c(C(F)(F)F)cc(-c3ccc(Cl)cc3)nc12. The van der Waals surface area contributed by atoms with Crippen molar-refractivity contribution in [3.63, 3.8) is 0 Å². The Kier molecular flexibility index (Phi) is 7.10. The fourth-order valence-electron chi connectivity index (χ4n) is 4.47. The molecular formula is C25H21ClF3N5O4S. The van der Waals surface area contributed by atoms with Gasteiger partial charge < -0.3 is 10.4 Å². The second-order valence-electron chi connectivity index (χ2n) is 8.90. The molecule has 0 spiro atoms. The minimum atomic E-state index is -4.80. The molecule has 1 amide bonds. The Bertz CT molecular complexity index is 1660. The molecule has 9 nitrogen and oxygen atoms in total. The predicted molar refractivity (Wildman–Crippen MR) is 137 cm³/mol. The van der Waals surface area contributed by atoms with Gasteiger partial charge in [0.1, 0.15) is 5.56 Å². The molecule has 0 saturated carbocycles. The highest BCUT2D eigenvalue weighted by Gasteiger charge is 2.37. The van der Waals surface area contributed by atoms with Gasteiger partial charge in [0, 0.05) is 28.9 Å². The van der Waals surface area contributed by atoms with Gasteiger partial charge >= 0.3 is 6.18 Å². The molecule has 1 aliphatic rings. The fourth-order valence-corrected chi connectivity index (χ4v) is 6.33. The zero-order valence-electron chi connectivity index (χ0n) is 20.1. The van der Waals surface area contributed by atoms with Crippen molar-refractivity contribution in [1.82, 2.24) is 18.9 Å². The number of aliphatic hydroxyl groups is 1. The summed E-state index contributed by atoms with van der Waals surface area (Å²) in [6.07, 6.45) is -2.69. The lowest BCUT2D eigenvalue weighted by Gasteiger charge is -2.22. The number of aliphatic hydroxyl groups excluding tert-OH is 1. The minimum Gasteiger partial charge on any atom is -0.395 e. The van der Waals surface area contributed by atoms with Crippen molar-refractivity contribution in [2.24, 2.45) is 0 Å². The molecule has 0 radical (unpaired) electrons. The summed E-state index contributed by atoms with van der Waals surface area (Å²) in [6.45, 7) is -0.0506. The minimum absolute atomic E-state index is 0.0433. The van der Waals surface area contributed by atoms with Gasteiger partial charge in [0.15, 0.2) is 11.3 Å². The second kappa shape index (κ2) is 10.2. The van der Waals surface area contributed by atoms with E-state index in [1.165, 1.54) is 52.8 Å². The van der Waals surface area contributed by atoms with E-state index in [4.69, 9.17) is 11.6 Å². The third kappa shape index (κ3) is 5.22. The summed E-state index contributed by atoms with van der Waals surface area (Å²) in [4.78, 5) is 17.3. The topological polar surface area (TPSA) is 117 Å². The summed E-state index contributed by atoms with van der Waals surface area (Å²) in [5, 5.41) is 16.2. The fraction of sp³-hybridized carbons (Fsp3) is 0.240. The average Bonchev–Trinajstić information content (AvgIpc) is 3.56. The van der Waals surface area contributed by atoms with Crippen molar-refractivity contribution in [3.05, 3.63) is 77.1 Å². The molecule has 1 aliphatic heterocycles. The lowest BCUT2D eigenvalue weighted by atomic mass is 10.1. The molecule has 1 fully saturated rings. The number of nitrogens with one attached hydrogen (secondary N) is 1. The van der Waals surface area contributed by atoms with Crippen LogP contribution in [0.2, 0.25) is 5.02 Å². The molecule has 2 aromatic carbocycles. The third-order valence-electron chi connectivity index (χ3n) is 6.38. The van der Waals surface area contributed by atoms with Crippen LogP contribution in [0.4, 0.5) is 18.9 Å². The van der Waals surface area contributed by atoms with Crippen LogP contribution in [0.5, 0.6) is 0 Å². The molecule has 1 saturated heterocycles. The van der Waals surface area contributed by atoms with Crippen LogP contribution in [-0.2, 0) is 16.2 Å². The maximum absolute atomic E-state index is 13.9. The molecule has 39 heavy (non-hydrogen) atoms. The Morgan fingerprint density at radius 1 is 1.15 bits per heavy atom. The average molecular weight is 580 g/mol. The van der Waals surface area contributed by atoms with Crippen molar-refractivity contribution >= 4 is 38.9 Å². The van der Waals surface area contributed by atoms with Crippen LogP contribution in [0, 0.1) is 0 Å². The van der Waals surface area contributed by atoms with E-state index in [1.807, 2.05) is 0 Å². The zero-order valence-corrected chi connectivity index (χ0v) is 21.6. The van der Waals surface area contributed by atoms with E-state index in [0.29, 0.717) is 27.9 Å². The molecule has 14 heteroatoms. The van der Waals surface area contributed by atoms with Gasteiger partial charge in [0.05, 0.1) is 23.4 Å². The Hall–Kier alpha value is -3.52. The number of hydrogen-bond acceptors (Lipinski definition) is 6. The Labute approximate surface area is 225 Å². The summed E-state index contributed by atoms with van der Waals surface area (Å²) in [6, 6.07) is 11.8. The first kappa shape index (κ1) is 27.1. The van der Waals surface area contributed by atoms with Crippen molar-refractivity contribution in [3.8, 4) is 11.3 Å². The van der Waals surface area contributed by atoms with Crippen LogP contribution in [0.15, 0.2) is 65.7 Å². The maximum atomic E-state index is 13.9.